The predicted octanol–water partition coefficient (Wildman–Crippen LogP) is 6.61. The number of hydrogen-bond donors (Lipinski definition) is 3. The lowest BCUT2D eigenvalue weighted by Crippen LogP contribution is -2.14. The highest BCUT2D eigenvalue weighted by Gasteiger charge is 2.15. The molecular formula is C31H22N6O2. The van der Waals surface area contributed by atoms with E-state index in [0.29, 0.717) is 12.1 Å². The van der Waals surface area contributed by atoms with Crippen molar-refractivity contribution in [3.05, 3.63) is 110 Å². The van der Waals surface area contributed by atoms with Gasteiger partial charge < -0.3 is 14.7 Å². The van der Waals surface area contributed by atoms with Gasteiger partial charge in [0.25, 0.3) is 0 Å². The third-order valence-corrected chi connectivity index (χ3v) is 6.76. The Morgan fingerprint density at radius 2 is 1.72 bits per heavy atom. The summed E-state index contributed by atoms with van der Waals surface area (Å²) in [4.78, 5) is 24.8. The molecule has 3 N–H and O–H groups in total. The van der Waals surface area contributed by atoms with Crippen molar-refractivity contribution in [2.75, 3.05) is 5.32 Å². The summed E-state index contributed by atoms with van der Waals surface area (Å²) in [6.45, 7) is 0. The lowest BCUT2D eigenvalue weighted by molar-refractivity contribution is -0.115. The van der Waals surface area contributed by atoms with E-state index in [1.54, 1.807) is 24.9 Å². The normalized spacial score (nSPS) is 11.3. The van der Waals surface area contributed by atoms with Crippen LogP contribution < -0.4 is 5.32 Å². The molecule has 0 aliphatic carbocycles. The summed E-state index contributed by atoms with van der Waals surface area (Å²) in [5.41, 5.74) is 8.95. The van der Waals surface area contributed by atoms with Crippen molar-refractivity contribution in [3.63, 3.8) is 0 Å². The fourth-order valence-corrected chi connectivity index (χ4v) is 4.88. The SMILES string of the molecule is O=C(Cc1ccccc1)Nc1cncc(-c2ccc3[nH]nc(-c4cc5c(-c6ccoc6)cncc5[nH]4)c3c2)c1. The summed E-state index contributed by atoms with van der Waals surface area (Å²) in [5, 5.41) is 12.7. The van der Waals surface area contributed by atoms with Crippen LogP contribution in [0, 0.1) is 0 Å². The topological polar surface area (TPSA) is 112 Å². The summed E-state index contributed by atoms with van der Waals surface area (Å²) in [6.07, 6.45) is 10.8. The van der Waals surface area contributed by atoms with E-state index in [9.17, 15) is 4.79 Å². The minimum atomic E-state index is -0.0872. The third-order valence-electron chi connectivity index (χ3n) is 6.76. The molecule has 0 atom stereocenters. The average Bonchev–Trinajstić information content (AvgIpc) is 3.73. The molecule has 0 bridgehead atoms. The van der Waals surface area contributed by atoms with E-state index < -0.39 is 0 Å². The van der Waals surface area contributed by atoms with E-state index in [2.05, 4.69) is 42.6 Å². The molecule has 0 saturated heterocycles. The summed E-state index contributed by atoms with van der Waals surface area (Å²) >= 11 is 0. The smallest absolute Gasteiger partial charge is 0.228 e. The summed E-state index contributed by atoms with van der Waals surface area (Å²) in [5.74, 6) is -0.0872. The van der Waals surface area contributed by atoms with E-state index in [1.165, 1.54) is 0 Å². The average molecular weight is 511 g/mol. The number of hydrogen-bond acceptors (Lipinski definition) is 5. The van der Waals surface area contributed by atoms with Crippen molar-refractivity contribution in [1.82, 2.24) is 25.1 Å². The molecule has 5 aromatic heterocycles. The van der Waals surface area contributed by atoms with Crippen molar-refractivity contribution in [1.29, 1.82) is 0 Å². The molecule has 1 amide bonds. The van der Waals surface area contributed by atoms with Crippen LogP contribution in [0.4, 0.5) is 5.69 Å². The first-order chi connectivity index (χ1) is 19.2. The monoisotopic (exact) mass is 510 g/mol. The number of aromatic nitrogens is 5. The maximum atomic E-state index is 12.6. The number of nitrogens with one attached hydrogen (secondary N) is 3. The lowest BCUT2D eigenvalue weighted by atomic mass is 10.0. The first-order valence-electron chi connectivity index (χ1n) is 12.5. The van der Waals surface area contributed by atoms with Gasteiger partial charge in [0.05, 0.1) is 53.8 Å². The van der Waals surface area contributed by atoms with Gasteiger partial charge in [-0.15, -0.1) is 0 Å². The minimum absolute atomic E-state index is 0.0872. The Morgan fingerprint density at radius 1 is 0.821 bits per heavy atom. The van der Waals surface area contributed by atoms with Crippen LogP contribution in [0.1, 0.15) is 5.56 Å². The molecule has 0 unspecified atom stereocenters. The number of furan rings is 1. The van der Waals surface area contributed by atoms with Crippen molar-refractivity contribution in [2.45, 2.75) is 6.42 Å². The maximum Gasteiger partial charge on any atom is 0.228 e. The lowest BCUT2D eigenvalue weighted by Gasteiger charge is -2.08. The highest BCUT2D eigenvalue weighted by molar-refractivity contribution is 6.01. The number of H-pyrrole nitrogens is 2. The Morgan fingerprint density at radius 3 is 2.59 bits per heavy atom. The van der Waals surface area contributed by atoms with Crippen LogP contribution >= 0.6 is 0 Å². The van der Waals surface area contributed by atoms with Gasteiger partial charge in [0.1, 0.15) is 5.69 Å². The Balaban J connectivity index is 1.21. The molecule has 39 heavy (non-hydrogen) atoms. The van der Waals surface area contributed by atoms with Gasteiger partial charge in [-0.3, -0.25) is 19.9 Å². The maximum absolute atomic E-state index is 12.6. The van der Waals surface area contributed by atoms with Crippen LogP contribution in [0.2, 0.25) is 0 Å². The van der Waals surface area contributed by atoms with Crippen molar-refractivity contribution in [2.24, 2.45) is 0 Å². The van der Waals surface area contributed by atoms with Crippen molar-refractivity contribution < 1.29 is 9.21 Å². The van der Waals surface area contributed by atoms with Crippen LogP contribution in [0.3, 0.4) is 0 Å². The molecule has 7 aromatic rings. The summed E-state index contributed by atoms with van der Waals surface area (Å²) in [7, 11) is 0. The zero-order valence-electron chi connectivity index (χ0n) is 20.7. The van der Waals surface area contributed by atoms with E-state index in [4.69, 9.17) is 4.42 Å². The second-order valence-corrected chi connectivity index (χ2v) is 9.35. The number of aromatic amines is 2. The van der Waals surface area contributed by atoms with Gasteiger partial charge in [-0.25, -0.2) is 0 Å². The second-order valence-electron chi connectivity index (χ2n) is 9.35. The highest BCUT2D eigenvalue weighted by atomic mass is 16.3. The molecule has 0 aliphatic rings. The molecule has 0 radical (unpaired) electrons. The number of carbonyl (C=O) groups is 1. The number of rotatable bonds is 6. The fraction of sp³-hybridized carbons (Fsp3) is 0.0323. The Bertz CT molecular complexity index is 1940. The van der Waals surface area contributed by atoms with Gasteiger partial charge in [0.15, 0.2) is 0 Å². The number of pyridine rings is 2. The molecule has 0 fully saturated rings. The largest absolute Gasteiger partial charge is 0.472 e. The van der Waals surface area contributed by atoms with E-state index in [-0.39, 0.29) is 5.91 Å². The Kier molecular flexibility index (Phi) is 5.48. The zero-order chi connectivity index (χ0) is 26.2. The number of anilines is 1. The molecule has 0 saturated carbocycles. The van der Waals surface area contributed by atoms with Gasteiger partial charge in [0, 0.05) is 39.9 Å². The number of carbonyl (C=O) groups excluding carboxylic acids is 1. The number of amides is 1. The van der Waals surface area contributed by atoms with Gasteiger partial charge in [-0.05, 0) is 41.5 Å². The van der Waals surface area contributed by atoms with Crippen LogP contribution in [0.25, 0.3) is 55.4 Å². The number of nitrogens with zero attached hydrogens (tertiary/aromatic N) is 3. The highest BCUT2D eigenvalue weighted by Crippen LogP contribution is 2.35. The van der Waals surface area contributed by atoms with Gasteiger partial charge >= 0.3 is 0 Å². The Hall–Kier alpha value is -5.50. The van der Waals surface area contributed by atoms with Gasteiger partial charge in [-0.1, -0.05) is 36.4 Å². The van der Waals surface area contributed by atoms with E-state index in [0.717, 1.165) is 61.0 Å². The van der Waals surface area contributed by atoms with E-state index >= 15 is 0 Å². The summed E-state index contributed by atoms with van der Waals surface area (Å²) < 4.78 is 5.28. The number of benzene rings is 2. The minimum Gasteiger partial charge on any atom is -0.472 e. The van der Waals surface area contributed by atoms with Gasteiger partial charge in [0.2, 0.25) is 5.91 Å². The molecule has 188 valence electrons. The molecule has 2 aromatic carbocycles. The quantitative estimate of drug-likeness (QED) is 0.233. The van der Waals surface area contributed by atoms with Crippen LogP contribution in [0.5, 0.6) is 0 Å². The molecular weight excluding hydrogens is 488 g/mol. The number of fused-ring (bicyclic) bond motifs is 2. The van der Waals surface area contributed by atoms with Crippen molar-refractivity contribution in [3.8, 4) is 33.6 Å². The summed E-state index contributed by atoms with van der Waals surface area (Å²) in [6, 6.07) is 21.7. The van der Waals surface area contributed by atoms with Crippen LogP contribution in [-0.4, -0.2) is 31.1 Å². The van der Waals surface area contributed by atoms with Gasteiger partial charge in [-0.2, -0.15) is 5.10 Å². The Labute approximate surface area is 222 Å². The molecule has 8 nitrogen and oxygen atoms in total. The first-order valence-corrected chi connectivity index (χ1v) is 12.5. The van der Waals surface area contributed by atoms with Crippen LogP contribution in [0.15, 0.2) is 108 Å². The first kappa shape index (κ1) is 22.7. The molecule has 5 heterocycles. The molecule has 8 heteroatoms. The predicted molar refractivity (Wildman–Crippen MR) is 151 cm³/mol. The van der Waals surface area contributed by atoms with E-state index in [1.807, 2.05) is 67.0 Å². The fourth-order valence-electron chi connectivity index (χ4n) is 4.88. The third kappa shape index (κ3) is 4.34. The zero-order valence-corrected chi connectivity index (χ0v) is 20.7. The molecule has 7 rings (SSSR count). The molecule has 0 spiro atoms. The molecule has 0 aliphatic heterocycles. The second kappa shape index (κ2) is 9.42. The standard InChI is InChI=1S/C31H22N6O2/c38-30(10-19-4-2-1-3-5-19)34-23-11-22(14-32-15-23)20-6-7-27-25(12-20)31(37-36-27)28-13-24-26(21-8-9-39-18-21)16-33-17-29(24)35-28/h1-9,11-18,35H,10H2,(H,34,38)(H,36,37). The van der Waals surface area contributed by atoms with Crippen molar-refractivity contribution >= 4 is 33.4 Å². The van der Waals surface area contributed by atoms with Crippen LogP contribution in [-0.2, 0) is 11.2 Å².